The lowest BCUT2D eigenvalue weighted by molar-refractivity contribution is 0.0270. The summed E-state index contributed by atoms with van der Waals surface area (Å²) in [6.45, 7) is 1.22. The van der Waals surface area contributed by atoms with Crippen molar-refractivity contribution in [1.82, 2.24) is 34.2 Å². The highest BCUT2D eigenvalue weighted by Gasteiger charge is 2.15. The number of ether oxygens (including phenoxy) is 1. The van der Waals surface area contributed by atoms with E-state index in [0.717, 1.165) is 40.0 Å². The number of nitrogens with zero attached hydrogens (tertiary/aromatic N) is 8. The second-order valence-electron chi connectivity index (χ2n) is 8.43. The summed E-state index contributed by atoms with van der Waals surface area (Å²) in [5.41, 5.74) is 5.49. The first-order valence-electron chi connectivity index (χ1n) is 11.6. The summed E-state index contributed by atoms with van der Waals surface area (Å²) in [4.78, 5) is 4.91. The molecule has 0 spiro atoms. The van der Waals surface area contributed by atoms with Gasteiger partial charge in [0.05, 0.1) is 60.5 Å². The molecule has 1 unspecified atom stereocenters. The first-order valence-corrected chi connectivity index (χ1v) is 11.6. The molecule has 0 saturated carbocycles. The predicted molar refractivity (Wildman–Crippen MR) is 131 cm³/mol. The van der Waals surface area contributed by atoms with Crippen molar-refractivity contribution in [3.05, 3.63) is 79.1 Å². The van der Waals surface area contributed by atoms with Crippen molar-refractivity contribution in [2.24, 2.45) is 7.05 Å². The molecule has 5 rings (SSSR count). The minimum absolute atomic E-state index is 0.0175. The molecule has 0 aliphatic heterocycles. The van der Waals surface area contributed by atoms with Crippen LogP contribution in [0.1, 0.15) is 24.8 Å². The minimum atomic E-state index is -0.0175. The van der Waals surface area contributed by atoms with Crippen LogP contribution in [0.15, 0.2) is 73.6 Å². The van der Waals surface area contributed by atoms with E-state index in [1.54, 1.807) is 17.1 Å². The summed E-state index contributed by atoms with van der Waals surface area (Å²) in [5, 5.41) is 22.3. The molecule has 9 nitrogen and oxygen atoms in total. The van der Waals surface area contributed by atoms with Gasteiger partial charge in [0.15, 0.2) is 0 Å². The highest BCUT2D eigenvalue weighted by Crippen LogP contribution is 2.26. The SMILES string of the molecule is Cn1cc(-c2cn3nccc3c(-c3cnn(CCC(CCC#N)OCc4ccccc4)c3)n2)cn1. The van der Waals surface area contributed by atoms with Crippen molar-refractivity contribution in [2.45, 2.75) is 38.5 Å². The Bertz CT molecular complexity index is 1440. The van der Waals surface area contributed by atoms with Gasteiger partial charge in [0.1, 0.15) is 0 Å². The van der Waals surface area contributed by atoms with Crippen molar-refractivity contribution < 1.29 is 4.74 Å². The zero-order valence-corrected chi connectivity index (χ0v) is 19.5. The number of hydrogen-bond acceptors (Lipinski definition) is 6. The van der Waals surface area contributed by atoms with Crippen LogP contribution >= 0.6 is 0 Å². The Balaban J connectivity index is 1.32. The number of rotatable bonds is 10. The van der Waals surface area contributed by atoms with E-state index in [2.05, 4.69) is 21.4 Å². The Morgan fingerprint density at radius 3 is 2.63 bits per heavy atom. The summed E-state index contributed by atoms with van der Waals surface area (Å²) < 4.78 is 11.6. The molecule has 0 aliphatic rings. The lowest BCUT2D eigenvalue weighted by atomic mass is 10.1. The van der Waals surface area contributed by atoms with E-state index in [-0.39, 0.29) is 6.10 Å². The van der Waals surface area contributed by atoms with Crippen molar-refractivity contribution in [3.8, 4) is 28.6 Å². The molecule has 0 saturated heterocycles. The van der Waals surface area contributed by atoms with Crippen LogP contribution in [-0.2, 0) is 24.9 Å². The van der Waals surface area contributed by atoms with E-state index in [1.807, 2.05) is 77.4 Å². The van der Waals surface area contributed by atoms with Gasteiger partial charge in [-0.2, -0.15) is 20.6 Å². The molecule has 0 amide bonds. The Morgan fingerprint density at radius 2 is 1.83 bits per heavy atom. The third-order valence-corrected chi connectivity index (χ3v) is 5.88. The van der Waals surface area contributed by atoms with Gasteiger partial charge in [0, 0.05) is 43.5 Å². The van der Waals surface area contributed by atoms with Crippen LogP contribution in [0.2, 0.25) is 0 Å². The summed E-state index contributed by atoms with van der Waals surface area (Å²) in [6, 6.07) is 14.3. The van der Waals surface area contributed by atoms with Crippen molar-refractivity contribution in [1.29, 1.82) is 5.26 Å². The molecule has 0 bridgehead atoms. The van der Waals surface area contributed by atoms with Gasteiger partial charge in [-0.15, -0.1) is 0 Å². The predicted octanol–water partition coefficient (Wildman–Crippen LogP) is 4.27. The largest absolute Gasteiger partial charge is 0.373 e. The maximum Gasteiger partial charge on any atom is 0.0999 e. The molecule has 1 aromatic carbocycles. The minimum Gasteiger partial charge on any atom is -0.373 e. The van der Waals surface area contributed by atoms with E-state index < -0.39 is 0 Å². The molecular formula is C26H26N8O. The van der Waals surface area contributed by atoms with Crippen molar-refractivity contribution in [2.75, 3.05) is 0 Å². The van der Waals surface area contributed by atoms with Crippen molar-refractivity contribution >= 4 is 5.52 Å². The first-order chi connectivity index (χ1) is 17.2. The van der Waals surface area contributed by atoms with Gasteiger partial charge < -0.3 is 4.74 Å². The normalized spacial score (nSPS) is 12.1. The maximum absolute atomic E-state index is 9.05. The van der Waals surface area contributed by atoms with E-state index in [9.17, 15) is 0 Å². The lowest BCUT2D eigenvalue weighted by Crippen LogP contribution is -2.16. The molecule has 0 N–H and O–H groups in total. The fourth-order valence-electron chi connectivity index (χ4n) is 4.04. The molecule has 176 valence electrons. The Hall–Kier alpha value is -4.29. The molecule has 5 aromatic rings. The fraction of sp³-hybridized carbons (Fsp3) is 0.269. The first kappa shape index (κ1) is 22.5. The van der Waals surface area contributed by atoms with Gasteiger partial charge >= 0.3 is 0 Å². The molecule has 9 heteroatoms. The highest BCUT2D eigenvalue weighted by molar-refractivity contribution is 5.78. The van der Waals surface area contributed by atoms with E-state index >= 15 is 0 Å². The Labute approximate surface area is 203 Å². The van der Waals surface area contributed by atoms with Gasteiger partial charge in [0.25, 0.3) is 0 Å². The zero-order valence-electron chi connectivity index (χ0n) is 19.5. The van der Waals surface area contributed by atoms with Gasteiger partial charge in [-0.3, -0.25) is 9.36 Å². The topological polar surface area (TPSA) is 98.9 Å². The highest BCUT2D eigenvalue weighted by atomic mass is 16.5. The molecule has 0 aliphatic carbocycles. The number of aromatic nitrogens is 7. The van der Waals surface area contributed by atoms with E-state index in [4.69, 9.17) is 15.0 Å². The van der Waals surface area contributed by atoms with Crippen LogP contribution in [0.25, 0.3) is 28.0 Å². The van der Waals surface area contributed by atoms with Crippen LogP contribution in [0.5, 0.6) is 0 Å². The average molecular weight is 467 g/mol. The van der Waals surface area contributed by atoms with Gasteiger partial charge in [-0.1, -0.05) is 30.3 Å². The molecule has 1 atom stereocenters. The Kier molecular flexibility index (Phi) is 6.63. The summed E-state index contributed by atoms with van der Waals surface area (Å²) >= 11 is 0. The monoisotopic (exact) mass is 466 g/mol. The summed E-state index contributed by atoms with van der Waals surface area (Å²) in [6.07, 6.45) is 13.1. The van der Waals surface area contributed by atoms with E-state index in [0.29, 0.717) is 26.0 Å². The lowest BCUT2D eigenvalue weighted by Gasteiger charge is -2.17. The number of benzene rings is 1. The second kappa shape index (κ2) is 10.3. The number of nitriles is 1. The summed E-state index contributed by atoms with van der Waals surface area (Å²) in [7, 11) is 1.88. The van der Waals surface area contributed by atoms with Gasteiger partial charge in [-0.25, -0.2) is 9.50 Å². The van der Waals surface area contributed by atoms with Crippen molar-refractivity contribution in [3.63, 3.8) is 0 Å². The quantitative estimate of drug-likeness (QED) is 0.305. The van der Waals surface area contributed by atoms with Crippen LogP contribution in [0, 0.1) is 11.3 Å². The second-order valence-corrected chi connectivity index (χ2v) is 8.43. The van der Waals surface area contributed by atoms with Crippen LogP contribution in [0.4, 0.5) is 0 Å². The molecule has 4 aromatic heterocycles. The zero-order chi connectivity index (χ0) is 24.0. The smallest absolute Gasteiger partial charge is 0.0999 e. The van der Waals surface area contributed by atoms with Crippen LogP contribution < -0.4 is 0 Å². The fourth-order valence-corrected chi connectivity index (χ4v) is 4.04. The van der Waals surface area contributed by atoms with Gasteiger partial charge in [0.2, 0.25) is 0 Å². The standard InChI is InChI=1S/C26H26N8O/c1-32-16-21(14-29-32)24-18-34-25(9-12-28-34)26(31-24)22-15-30-33(17-22)13-10-23(8-5-11-27)35-19-20-6-3-2-4-7-20/h2-4,6-7,9,12,14-18,23H,5,8,10,13,19H2,1H3. The number of fused-ring (bicyclic) bond motifs is 1. The molecule has 0 fully saturated rings. The maximum atomic E-state index is 9.05. The summed E-state index contributed by atoms with van der Waals surface area (Å²) in [5.74, 6) is 0. The van der Waals surface area contributed by atoms with Crippen LogP contribution in [0.3, 0.4) is 0 Å². The van der Waals surface area contributed by atoms with Crippen LogP contribution in [-0.4, -0.2) is 40.3 Å². The number of aryl methyl sites for hydroxylation is 2. The molecule has 35 heavy (non-hydrogen) atoms. The Morgan fingerprint density at radius 1 is 0.971 bits per heavy atom. The third kappa shape index (κ3) is 5.28. The number of hydrogen-bond donors (Lipinski definition) is 0. The molecular weight excluding hydrogens is 440 g/mol. The molecule has 4 heterocycles. The average Bonchev–Trinajstić information content (AvgIpc) is 3.64. The third-order valence-electron chi connectivity index (χ3n) is 5.88. The van der Waals surface area contributed by atoms with Gasteiger partial charge in [-0.05, 0) is 24.5 Å². The van der Waals surface area contributed by atoms with E-state index in [1.165, 1.54) is 0 Å². The molecule has 0 radical (unpaired) electrons.